The minimum absolute atomic E-state index is 0.0525. The van der Waals surface area contributed by atoms with Crippen LogP contribution in [0.4, 0.5) is 14.5 Å². The van der Waals surface area contributed by atoms with Crippen molar-refractivity contribution in [3.63, 3.8) is 0 Å². The van der Waals surface area contributed by atoms with Crippen molar-refractivity contribution in [3.05, 3.63) is 88.0 Å². The maximum absolute atomic E-state index is 16.1. The number of carbonyl (C=O) groups excluding carboxylic acids is 1. The summed E-state index contributed by atoms with van der Waals surface area (Å²) in [6.45, 7) is 12.3. The van der Waals surface area contributed by atoms with E-state index in [4.69, 9.17) is 0 Å². The van der Waals surface area contributed by atoms with Crippen molar-refractivity contribution in [2.24, 2.45) is 0 Å². The number of nitrogens with zero attached hydrogens (tertiary/aromatic N) is 5. The molecule has 2 aliphatic rings. The molecule has 2 unspecified atom stereocenters. The second kappa shape index (κ2) is 10.6. The fourth-order valence-corrected chi connectivity index (χ4v) is 6.69. The van der Waals surface area contributed by atoms with Crippen molar-refractivity contribution in [3.8, 4) is 22.7 Å². The summed E-state index contributed by atoms with van der Waals surface area (Å²) in [5.74, 6) is -2.34. The molecule has 222 valence electrons. The number of halogens is 2. The first-order valence-corrected chi connectivity index (χ1v) is 14.4. The number of fused-ring (bicyclic) bond motifs is 5. The number of pyridine rings is 3. The third kappa shape index (κ3) is 4.47. The van der Waals surface area contributed by atoms with E-state index in [0.29, 0.717) is 53.9 Å². The zero-order chi connectivity index (χ0) is 30.7. The van der Waals surface area contributed by atoms with Gasteiger partial charge in [-0.1, -0.05) is 26.5 Å². The molecule has 1 aromatic carbocycles. The number of phenolic OH excluding ortho intramolecular Hbond substituents is 1. The van der Waals surface area contributed by atoms with Gasteiger partial charge in [0.25, 0.3) is 5.56 Å². The van der Waals surface area contributed by atoms with Gasteiger partial charge in [0.1, 0.15) is 22.9 Å². The normalized spacial score (nSPS) is 18.1. The standard InChI is InChI=1S/C33H33F2N5O3/c1-6-26(42)38-15-19(5)39-20(16-38)10-11-21-31(39)22-14-24(35)29(27-23(34)8-7-9-25(27)41)37-32(22)40(33(21)43)30-18(4)12-13-36-28(30)17(2)3/h6-9,12-14,17,19-20,41H,1,10-11,15-16H2,2-5H3. The van der Waals surface area contributed by atoms with Gasteiger partial charge < -0.3 is 14.9 Å². The summed E-state index contributed by atoms with van der Waals surface area (Å²) in [6, 6.07) is 6.51. The van der Waals surface area contributed by atoms with Crippen LogP contribution in [0, 0.1) is 18.6 Å². The summed E-state index contributed by atoms with van der Waals surface area (Å²) in [5.41, 5.74) is 2.16. The van der Waals surface area contributed by atoms with Crippen LogP contribution in [0.1, 0.15) is 49.9 Å². The lowest BCUT2D eigenvalue weighted by Gasteiger charge is -2.50. The van der Waals surface area contributed by atoms with Gasteiger partial charge in [-0.2, -0.15) is 0 Å². The van der Waals surface area contributed by atoms with Crippen molar-refractivity contribution < 1.29 is 18.7 Å². The van der Waals surface area contributed by atoms with Crippen molar-refractivity contribution in [2.45, 2.75) is 58.5 Å². The van der Waals surface area contributed by atoms with Crippen LogP contribution in [-0.4, -0.2) is 55.6 Å². The van der Waals surface area contributed by atoms with Gasteiger partial charge in [-0.15, -0.1) is 0 Å². The van der Waals surface area contributed by atoms with E-state index in [1.165, 1.54) is 28.8 Å². The third-order valence-electron chi connectivity index (χ3n) is 8.58. The molecule has 2 atom stereocenters. The largest absolute Gasteiger partial charge is 0.507 e. The van der Waals surface area contributed by atoms with E-state index in [2.05, 4.69) is 21.4 Å². The lowest BCUT2D eigenvalue weighted by molar-refractivity contribution is -0.127. The average Bonchev–Trinajstić information content (AvgIpc) is 2.97. The molecule has 8 nitrogen and oxygen atoms in total. The number of phenols is 1. The Kier molecular flexibility index (Phi) is 7.02. The van der Waals surface area contributed by atoms with Gasteiger partial charge in [0, 0.05) is 42.3 Å². The van der Waals surface area contributed by atoms with Gasteiger partial charge in [0.2, 0.25) is 5.91 Å². The average molecular weight is 586 g/mol. The number of aromatic hydroxyl groups is 1. The van der Waals surface area contributed by atoms with Crippen LogP contribution in [0.3, 0.4) is 0 Å². The maximum Gasteiger partial charge on any atom is 0.262 e. The number of benzene rings is 1. The zero-order valence-electron chi connectivity index (χ0n) is 24.6. The SMILES string of the molecule is C=CC(=O)N1CC(C)N2c3c(c(=O)n(-c4c(C)ccnc4C(C)C)c4nc(-c5c(O)cccc5F)c(F)cc34)CCC2C1. The molecule has 0 aliphatic carbocycles. The first kappa shape index (κ1) is 28.5. The molecule has 43 heavy (non-hydrogen) atoms. The quantitative estimate of drug-likeness (QED) is 0.323. The van der Waals surface area contributed by atoms with Crippen molar-refractivity contribution >= 4 is 22.6 Å². The number of carbonyl (C=O) groups is 1. The lowest BCUT2D eigenvalue weighted by atomic mass is 9.90. The highest BCUT2D eigenvalue weighted by atomic mass is 19.1. The van der Waals surface area contributed by atoms with Gasteiger partial charge in [0.05, 0.1) is 22.6 Å². The number of piperazine rings is 1. The van der Waals surface area contributed by atoms with Gasteiger partial charge >= 0.3 is 0 Å². The first-order valence-electron chi connectivity index (χ1n) is 14.4. The van der Waals surface area contributed by atoms with Crippen LogP contribution in [0.15, 0.2) is 54.0 Å². The number of amides is 1. The van der Waals surface area contributed by atoms with Crippen LogP contribution >= 0.6 is 0 Å². The maximum atomic E-state index is 16.1. The van der Waals surface area contributed by atoms with E-state index in [0.717, 1.165) is 11.6 Å². The van der Waals surface area contributed by atoms with E-state index in [9.17, 15) is 14.7 Å². The fraction of sp³-hybridized carbons (Fsp3) is 0.333. The second-order valence-electron chi connectivity index (χ2n) is 11.7. The Hall–Kier alpha value is -4.60. The molecule has 1 saturated heterocycles. The van der Waals surface area contributed by atoms with Crippen molar-refractivity contribution in [2.75, 3.05) is 18.0 Å². The molecule has 0 radical (unpaired) electrons. The van der Waals surface area contributed by atoms with E-state index in [1.54, 1.807) is 17.2 Å². The number of hydrogen-bond donors (Lipinski definition) is 1. The Morgan fingerprint density at radius 3 is 2.63 bits per heavy atom. The summed E-state index contributed by atoms with van der Waals surface area (Å²) < 4.78 is 32.6. The minimum Gasteiger partial charge on any atom is -0.507 e. The number of rotatable bonds is 4. The van der Waals surface area contributed by atoms with E-state index >= 15 is 8.78 Å². The van der Waals surface area contributed by atoms with Gasteiger partial charge in [0.15, 0.2) is 5.82 Å². The summed E-state index contributed by atoms with van der Waals surface area (Å²) in [4.78, 5) is 40.2. The van der Waals surface area contributed by atoms with Crippen LogP contribution in [0.2, 0.25) is 0 Å². The van der Waals surface area contributed by atoms with Crippen molar-refractivity contribution in [1.29, 1.82) is 0 Å². The Balaban J connectivity index is 1.71. The molecule has 1 N–H and O–H groups in total. The highest BCUT2D eigenvalue weighted by molar-refractivity contribution is 5.95. The Bertz CT molecular complexity index is 1850. The summed E-state index contributed by atoms with van der Waals surface area (Å²) in [5, 5.41) is 10.9. The molecule has 10 heteroatoms. The molecule has 6 rings (SSSR count). The number of aryl methyl sites for hydroxylation is 1. The van der Waals surface area contributed by atoms with Gasteiger partial charge in [-0.25, -0.2) is 13.8 Å². The van der Waals surface area contributed by atoms with Gasteiger partial charge in [-0.3, -0.25) is 19.1 Å². The molecule has 0 spiro atoms. The molecule has 0 bridgehead atoms. The van der Waals surface area contributed by atoms with Crippen LogP contribution in [0.5, 0.6) is 5.75 Å². The van der Waals surface area contributed by atoms with Crippen LogP contribution < -0.4 is 10.5 Å². The topological polar surface area (TPSA) is 91.6 Å². The van der Waals surface area contributed by atoms with Crippen LogP contribution in [0.25, 0.3) is 28.0 Å². The zero-order valence-corrected chi connectivity index (χ0v) is 24.6. The Morgan fingerprint density at radius 1 is 1.16 bits per heavy atom. The minimum atomic E-state index is -0.838. The predicted molar refractivity (Wildman–Crippen MR) is 162 cm³/mol. The molecular formula is C33H33F2N5O3. The molecule has 5 heterocycles. The lowest BCUT2D eigenvalue weighted by Crippen LogP contribution is -2.61. The summed E-state index contributed by atoms with van der Waals surface area (Å²) in [7, 11) is 0. The highest BCUT2D eigenvalue weighted by Crippen LogP contribution is 2.42. The third-order valence-corrected chi connectivity index (χ3v) is 8.58. The molecule has 1 amide bonds. The Labute approximate surface area is 247 Å². The molecule has 1 fully saturated rings. The van der Waals surface area contributed by atoms with Gasteiger partial charge in [-0.05, 0) is 68.5 Å². The monoisotopic (exact) mass is 585 g/mol. The highest BCUT2D eigenvalue weighted by Gasteiger charge is 2.40. The first-order chi connectivity index (χ1) is 20.5. The second-order valence-corrected chi connectivity index (χ2v) is 11.7. The predicted octanol–water partition coefficient (Wildman–Crippen LogP) is 5.40. The molecule has 0 saturated carbocycles. The van der Waals surface area contributed by atoms with E-state index in [1.807, 2.05) is 27.7 Å². The van der Waals surface area contributed by atoms with E-state index < -0.39 is 23.1 Å². The number of anilines is 1. The van der Waals surface area contributed by atoms with Crippen molar-refractivity contribution in [1.82, 2.24) is 19.4 Å². The Morgan fingerprint density at radius 2 is 1.93 bits per heavy atom. The summed E-state index contributed by atoms with van der Waals surface area (Å²) in [6.07, 6.45) is 4.03. The molecule has 2 aliphatic heterocycles. The molecule has 4 aromatic rings. The summed E-state index contributed by atoms with van der Waals surface area (Å²) >= 11 is 0. The van der Waals surface area contributed by atoms with E-state index in [-0.39, 0.29) is 40.7 Å². The van der Waals surface area contributed by atoms with Crippen LogP contribution in [-0.2, 0) is 11.2 Å². The molecular weight excluding hydrogens is 552 g/mol. The fourth-order valence-electron chi connectivity index (χ4n) is 6.69. The number of aromatic nitrogens is 3. The number of hydrogen-bond acceptors (Lipinski definition) is 6. The molecule has 3 aromatic heterocycles. The smallest absolute Gasteiger partial charge is 0.262 e.